The zero-order valence-corrected chi connectivity index (χ0v) is 14.1. The van der Waals surface area contributed by atoms with Gasteiger partial charge in [-0.3, -0.25) is 4.79 Å². The van der Waals surface area contributed by atoms with E-state index in [1.54, 1.807) is 6.92 Å². The molecular formula is C9H11Br2NO4S2. The number of aliphatic carboxylic acids is 1. The second-order valence-corrected chi connectivity index (χ2v) is 8.92. The Balaban J connectivity index is 3.00. The molecule has 0 aromatic carbocycles. The molecule has 1 atom stereocenters. The number of nitrogens with one attached hydrogen (secondary N) is 1. The molecule has 1 rings (SSSR count). The second-order valence-electron chi connectivity index (χ2n) is 3.49. The summed E-state index contributed by atoms with van der Waals surface area (Å²) in [6.45, 7) is 1.79. The van der Waals surface area contributed by atoms with E-state index in [1.165, 1.54) is 17.4 Å². The van der Waals surface area contributed by atoms with Gasteiger partial charge < -0.3 is 5.11 Å². The molecule has 2 N–H and O–H groups in total. The number of carboxylic acids is 1. The van der Waals surface area contributed by atoms with E-state index in [0.717, 1.165) is 0 Å². The van der Waals surface area contributed by atoms with Crippen LogP contribution in [-0.2, 0) is 14.8 Å². The first kappa shape index (κ1) is 16.1. The summed E-state index contributed by atoms with van der Waals surface area (Å²) in [5, 5.41) is 8.94. The Kier molecular flexibility index (Phi) is 5.78. The van der Waals surface area contributed by atoms with Crippen molar-refractivity contribution in [1.29, 1.82) is 0 Å². The Morgan fingerprint density at radius 3 is 2.56 bits per heavy atom. The third-order valence-corrected chi connectivity index (χ3v) is 6.31. The highest BCUT2D eigenvalue weighted by molar-refractivity contribution is 9.12. The van der Waals surface area contributed by atoms with Crippen LogP contribution in [0.25, 0.3) is 0 Å². The lowest BCUT2D eigenvalue weighted by Crippen LogP contribution is -2.40. The van der Waals surface area contributed by atoms with E-state index in [1.807, 2.05) is 0 Å². The molecule has 102 valence electrons. The minimum Gasteiger partial charge on any atom is -0.480 e. The van der Waals surface area contributed by atoms with Gasteiger partial charge >= 0.3 is 5.97 Å². The number of sulfonamides is 1. The van der Waals surface area contributed by atoms with Gasteiger partial charge in [-0.2, -0.15) is 4.72 Å². The Morgan fingerprint density at radius 2 is 2.17 bits per heavy atom. The predicted octanol–water partition coefficient (Wildman–Crippen LogP) is 2.80. The number of carboxylic acid groups (broad SMARTS) is 1. The maximum atomic E-state index is 12.0. The SMILES string of the molecule is CCC[C@H](NS(=O)(=O)c1cc(Br)sc1Br)C(=O)O. The van der Waals surface area contributed by atoms with E-state index in [-0.39, 0.29) is 11.3 Å². The third kappa shape index (κ3) is 4.02. The monoisotopic (exact) mass is 419 g/mol. The Hall–Kier alpha value is 0.0400. The molecule has 0 aliphatic rings. The summed E-state index contributed by atoms with van der Waals surface area (Å²) in [6.07, 6.45) is 0.825. The van der Waals surface area contributed by atoms with Gasteiger partial charge in [-0.25, -0.2) is 8.42 Å². The molecule has 0 aliphatic heterocycles. The molecule has 0 saturated heterocycles. The summed E-state index contributed by atoms with van der Waals surface area (Å²) in [7, 11) is -3.83. The standard InChI is InChI=1S/C9H11Br2NO4S2/c1-2-3-5(9(13)14)12-18(15,16)6-4-7(10)17-8(6)11/h4-5,12H,2-3H2,1H3,(H,13,14)/t5-/m0/s1. The van der Waals surface area contributed by atoms with Gasteiger partial charge in [0.2, 0.25) is 10.0 Å². The van der Waals surface area contributed by atoms with Crippen LogP contribution in [0, 0.1) is 0 Å². The highest BCUT2D eigenvalue weighted by Gasteiger charge is 2.27. The van der Waals surface area contributed by atoms with Gasteiger partial charge in [0.1, 0.15) is 10.9 Å². The molecule has 0 amide bonds. The Bertz CT molecular complexity index is 541. The predicted molar refractivity (Wildman–Crippen MR) is 76.4 cm³/mol. The van der Waals surface area contributed by atoms with Crippen molar-refractivity contribution < 1.29 is 18.3 Å². The molecule has 0 fully saturated rings. The molecule has 0 saturated carbocycles. The summed E-state index contributed by atoms with van der Waals surface area (Å²) < 4.78 is 27.4. The minimum atomic E-state index is -3.83. The van der Waals surface area contributed by atoms with E-state index in [0.29, 0.717) is 14.0 Å². The lowest BCUT2D eigenvalue weighted by atomic mass is 10.2. The number of hydrogen-bond donors (Lipinski definition) is 2. The second kappa shape index (κ2) is 6.47. The molecule has 18 heavy (non-hydrogen) atoms. The van der Waals surface area contributed by atoms with Crippen molar-refractivity contribution in [2.75, 3.05) is 0 Å². The van der Waals surface area contributed by atoms with Gasteiger partial charge in [-0.15, -0.1) is 11.3 Å². The zero-order valence-electron chi connectivity index (χ0n) is 9.31. The van der Waals surface area contributed by atoms with Crippen LogP contribution in [0.15, 0.2) is 18.5 Å². The number of carbonyl (C=O) groups is 1. The summed E-state index contributed by atoms with van der Waals surface area (Å²) in [6, 6.07) is 0.327. The van der Waals surface area contributed by atoms with E-state index in [2.05, 4.69) is 36.6 Å². The van der Waals surface area contributed by atoms with Crippen molar-refractivity contribution in [3.8, 4) is 0 Å². The molecular weight excluding hydrogens is 410 g/mol. The Morgan fingerprint density at radius 1 is 1.56 bits per heavy atom. The number of rotatable bonds is 6. The van der Waals surface area contributed by atoms with Crippen molar-refractivity contribution in [2.45, 2.75) is 30.7 Å². The summed E-state index contributed by atoms with van der Waals surface area (Å²) in [4.78, 5) is 11.0. The van der Waals surface area contributed by atoms with E-state index >= 15 is 0 Å². The number of hydrogen-bond acceptors (Lipinski definition) is 4. The third-order valence-electron chi connectivity index (χ3n) is 2.09. The fourth-order valence-corrected chi connectivity index (χ4v) is 6.32. The molecule has 1 heterocycles. The van der Waals surface area contributed by atoms with Crippen LogP contribution in [0.2, 0.25) is 0 Å². The van der Waals surface area contributed by atoms with Gasteiger partial charge in [0.25, 0.3) is 0 Å². The fraction of sp³-hybridized carbons (Fsp3) is 0.444. The summed E-state index contributed by atoms with van der Waals surface area (Å²) >= 11 is 7.53. The molecule has 0 spiro atoms. The first-order chi connectivity index (χ1) is 8.27. The van der Waals surface area contributed by atoms with Gasteiger partial charge in [0.15, 0.2) is 0 Å². The summed E-state index contributed by atoms with van der Waals surface area (Å²) in [5.74, 6) is -1.18. The largest absolute Gasteiger partial charge is 0.480 e. The first-order valence-corrected chi connectivity index (χ1v) is 8.86. The van der Waals surface area contributed by atoms with E-state index in [9.17, 15) is 13.2 Å². The van der Waals surface area contributed by atoms with Crippen molar-refractivity contribution in [1.82, 2.24) is 4.72 Å². The van der Waals surface area contributed by atoms with Crippen molar-refractivity contribution in [2.24, 2.45) is 0 Å². The average Bonchev–Trinajstić information content (AvgIpc) is 2.57. The van der Waals surface area contributed by atoms with Gasteiger partial charge in [0, 0.05) is 0 Å². The first-order valence-electron chi connectivity index (χ1n) is 4.98. The number of halogens is 2. The molecule has 1 aromatic heterocycles. The van der Waals surface area contributed by atoms with Crippen molar-refractivity contribution in [3.63, 3.8) is 0 Å². The normalized spacial score (nSPS) is 13.5. The van der Waals surface area contributed by atoms with Gasteiger partial charge in [0.05, 0.1) is 7.57 Å². The lowest BCUT2D eigenvalue weighted by Gasteiger charge is -2.13. The molecule has 0 radical (unpaired) electrons. The maximum absolute atomic E-state index is 12.0. The van der Waals surface area contributed by atoms with Crippen LogP contribution < -0.4 is 4.72 Å². The number of thiophene rings is 1. The summed E-state index contributed by atoms with van der Waals surface area (Å²) in [5.41, 5.74) is 0. The molecule has 0 aliphatic carbocycles. The molecule has 5 nitrogen and oxygen atoms in total. The highest BCUT2D eigenvalue weighted by atomic mass is 79.9. The van der Waals surface area contributed by atoms with Crippen LogP contribution in [0.1, 0.15) is 19.8 Å². The van der Waals surface area contributed by atoms with Crippen LogP contribution in [-0.4, -0.2) is 25.5 Å². The van der Waals surface area contributed by atoms with Crippen LogP contribution in [0.4, 0.5) is 0 Å². The van der Waals surface area contributed by atoms with E-state index < -0.39 is 22.0 Å². The fourth-order valence-electron chi connectivity index (χ4n) is 1.28. The lowest BCUT2D eigenvalue weighted by molar-refractivity contribution is -0.139. The molecule has 9 heteroatoms. The molecule has 1 aromatic rings. The van der Waals surface area contributed by atoms with Crippen LogP contribution >= 0.6 is 43.2 Å². The molecule has 0 unspecified atom stereocenters. The molecule has 0 bridgehead atoms. The average molecular weight is 421 g/mol. The van der Waals surface area contributed by atoms with Crippen LogP contribution in [0.3, 0.4) is 0 Å². The topological polar surface area (TPSA) is 83.5 Å². The van der Waals surface area contributed by atoms with E-state index in [4.69, 9.17) is 5.11 Å². The van der Waals surface area contributed by atoms with Gasteiger partial charge in [-0.1, -0.05) is 13.3 Å². The highest BCUT2D eigenvalue weighted by Crippen LogP contribution is 2.34. The quantitative estimate of drug-likeness (QED) is 0.741. The maximum Gasteiger partial charge on any atom is 0.321 e. The minimum absolute atomic E-state index is 0.0433. The van der Waals surface area contributed by atoms with Gasteiger partial charge in [-0.05, 0) is 44.3 Å². The zero-order chi connectivity index (χ0) is 13.9. The Labute approximate surface area is 126 Å². The smallest absolute Gasteiger partial charge is 0.321 e. The van der Waals surface area contributed by atoms with Crippen molar-refractivity contribution >= 4 is 59.2 Å². The van der Waals surface area contributed by atoms with Crippen molar-refractivity contribution in [3.05, 3.63) is 13.6 Å². The van der Waals surface area contributed by atoms with Crippen LogP contribution in [0.5, 0.6) is 0 Å².